The normalized spacial score (nSPS) is 11.3. The third-order valence-electron chi connectivity index (χ3n) is 2.64. The Morgan fingerprint density at radius 2 is 2.17 bits per heavy atom. The molecule has 0 saturated carbocycles. The summed E-state index contributed by atoms with van der Waals surface area (Å²) in [5, 5.41) is 11.4. The molecule has 0 spiro atoms. The minimum absolute atomic E-state index is 0.462. The molecule has 0 atom stereocenters. The molecule has 0 aliphatic rings. The zero-order valence-corrected chi connectivity index (χ0v) is 11.1. The van der Waals surface area contributed by atoms with Gasteiger partial charge in [0.2, 0.25) is 5.89 Å². The van der Waals surface area contributed by atoms with Crippen molar-refractivity contribution in [1.29, 1.82) is 0 Å². The summed E-state index contributed by atoms with van der Waals surface area (Å²) < 4.78 is 10.9. The van der Waals surface area contributed by atoms with E-state index >= 15 is 0 Å². The molecule has 2 aromatic rings. The molecule has 98 valence electrons. The average Bonchev–Trinajstić information content (AvgIpc) is 2.92. The second-order valence-electron chi connectivity index (χ2n) is 4.65. The summed E-state index contributed by atoms with van der Waals surface area (Å²) >= 11 is 0. The van der Waals surface area contributed by atoms with Crippen LogP contribution < -0.4 is 5.32 Å². The lowest BCUT2D eigenvalue weighted by molar-refractivity contribution is 0.466. The SMILES string of the molecule is Cc1ccoc1-c1nnc(CCCNC(C)C)o1. The smallest absolute Gasteiger partial charge is 0.283 e. The van der Waals surface area contributed by atoms with Crippen LogP contribution in [0.3, 0.4) is 0 Å². The van der Waals surface area contributed by atoms with Gasteiger partial charge in [-0.25, -0.2) is 0 Å². The van der Waals surface area contributed by atoms with Gasteiger partial charge >= 0.3 is 0 Å². The van der Waals surface area contributed by atoms with Crippen LogP contribution >= 0.6 is 0 Å². The lowest BCUT2D eigenvalue weighted by Gasteiger charge is -2.05. The number of aryl methyl sites for hydroxylation is 2. The van der Waals surface area contributed by atoms with Gasteiger partial charge in [-0.2, -0.15) is 0 Å². The molecule has 0 radical (unpaired) electrons. The van der Waals surface area contributed by atoms with Gasteiger partial charge < -0.3 is 14.2 Å². The Morgan fingerprint density at radius 1 is 1.33 bits per heavy atom. The van der Waals surface area contributed by atoms with Crippen molar-refractivity contribution in [2.24, 2.45) is 0 Å². The van der Waals surface area contributed by atoms with Gasteiger partial charge in [-0.15, -0.1) is 10.2 Å². The maximum Gasteiger partial charge on any atom is 0.283 e. The highest BCUT2D eigenvalue weighted by atomic mass is 16.4. The van der Waals surface area contributed by atoms with Crippen molar-refractivity contribution in [2.75, 3.05) is 6.54 Å². The Hall–Kier alpha value is -1.62. The van der Waals surface area contributed by atoms with Crippen LogP contribution in [0.4, 0.5) is 0 Å². The first kappa shape index (κ1) is 12.8. The van der Waals surface area contributed by atoms with Gasteiger partial charge in [0, 0.05) is 18.0 Å². The van der Waals surface area contributed by atoms with Crippen LogP contribution in [0.1, 0.15) is 31.7 Å². The predicted octanol–water partition coefficient (Wildman–Crippen LogP) is 2.57. The molecule has 18 heavy (non-hydrogen) atoms. The first-order chi connectivity index (χ1) is 8.66. The molecule has 0 saturated heterocycles. The molecule has 1 N–H and O–H groups in total. The van der Waals surface area contributed by atoms with E-state index in [1.807, 2.05) is 13.0 Å². The van der Waals surface area contributed by atoms with E-state index in [0.29, 0.717) is 23.6 Å². The Labute approximate surface area is 107 Å². The molecule has 5 nitrogen and oxygen atoms in total. The van der Waals surface area contributed by atoms with E-state index in [1.165, 1.54) is 0 Å². The monoisotopic (exact) mass is 249 g/mol. The van der Waals surface area contributed by atoms with Crippen molar-refractivity contribution in [3.05, 3.63) is 23.8 Å². The molecule has 2 heterocycles. The fourth-order valence-corrected chi connectivity index (χ4v) is 1.67. The van der Waals surface area contributed by atoms with Crippen molar-refractivity contribution in [3.8, 4) is 11.7 Å². The summed E-state index contributed by atoms with van der Waals surface area (Å²) in [5.41, 5.74) is 1.01. The molecule has 2 aromatic heterocycles. The fraction of sp³-hybridized carbons (Fsp3) is 0.538. The zero-order valence-electron chi connectivity index (χ0n) is 11.1. The van der Waals surface area contributed by atoms with Crippen LogP contribution in [-0.4, -0.2) is 22.8 Å². The minimum atomic E-state index is 0.462. The van der Waals surface area contributed by atoms with Crippen molar-refractivity contribution in [2.45, 2.75) is 39.7 Å². The Morgan fingerprint density at radius 3 is 2.83 bits per heavy atom. The van der Waals surface area contributed by atoms with E-state index in [0.717, 1.165) is 24.9 Å². The topological polar surface area (TPSA) is 64.1 Å². The molecule has 0 aromatic carbocycles. The van der Waals surface area contributed by atoms with E-state index in [9.17, 15) is 0 Å². The van der Waals surface area contributed by atoms with Crippen LogP contribution in [0.2, 0.25) is 0 Å². The third-order valence-corrected chi connectivity index (χ3v) is 2.64. The van der Waals surface area contributed by atoms with Crippen molar-refractivity contribution in [1.82, 2.24) is 15.5 Å². The van der Waals surface area contributed by atoms with Gasteiger partial charge in [-0.1, -0.05) is 13.8 Å². The number of nitrogens with zero attached hydrogens (tertiary/aromatic N) is 2. The third kappa shape index (κ3) is 3.20. The van der Waals surface area contributed by atoms with Gasteiger partial charge in [0.25, 0.3) is 5.89 Å². The Balaban J connectivity index is 1.89. The molecule has 5 heteroatoms. The first-order valence-electron chi connectivity index (χ1n) is 6.27. The zero-order chi connectivity index (χ0) is 13.0. The van der Waals surface area contributed by atoms with Gasteiger partial charge in [-0.3, -0.25) is 0 Å². The average molecular weight is 249 g/mol. The number of rotatable bonds is 6. The summed E-state index contributed by atoms with van der Waals surface area (Å²) in [6.45, 7) is 7.17. The summed E-state index contributed by atoms with van der Waals surface area (Å²) in [7, 11) is 0. The van der Waals surface area contributed by atoms with Crippen molar-refractivity contribution >= 4 is 0 Å². The standard InChI is InChI=1S/C13H19N3O2/c1-9(2)14-7-4-5-11-15-16-13(18-11)12-10(3)6-8-17-12/h6,8-9,14H,4-5,7H2,1-3H3. The first-order valence-corrected chi connectivity index (χ1v) is 6.27. The van der Waals surface area contributed by atoms with Crippen molar-refractivity contribution in [3.63, 3.8) is 0 Å². The van der Waals surface area contributed by atoms with Crippen LogP contribution in [0.5, 0.6) is 0 Å². The van der Waals surface area contributed by atoms with Crippen LogP contribution in [0, 0.1) is 6.92 Å². The van der Waals surface area contributed by atoms with Crippen LogP contribution in [0.15, 0.2) is 21.2 Å². The second kappa shape index (κ2) is 5.82. The molecule has 0 amide bonds. The summed E-state index contributed by atoms with van der Waals surface area (Å²) in [4.78, 5) is 0. The quantitative estimate of drug-likeness (QED) is 0.797. The van der Waals surface area contributed by atoms with E-state index in [2.05, 4.69) is 29.4 Å². The second-order valence-corrected chi connectivity index (χ2v) is 4.65. The molecule has 0 unspecified atom stereocenters. The Bertz CT molecular complexity index is 488. The maximum atomic E-state index is 5.57. The van der Waals surface area contributed by atoms with Crippen LogP contribution in [-0.2, 0) is 6.42 Å². The molecule has 0 bridgehead atoms. The van der Waals surface area contributed by atoms with Gasteiger partial charge in [0.05, 0.1) is 6.26 Å². The molecular formula is C13H19N3O2. The van der Waals surface area contributed by atoms with E-state index in [1.54, 1.807) is 6.26 Å². The Kier molecular flexibility index (Phi) is 4.15. The van der Waals surface area contributed by atoms with Gasteiger partial charge in [0.15, 0.2) is 5.76 Å². The molecule has 0 aliphatic heterocycles. The molecular weight excluding hydrogens is 230 g/mol. The van der Waals surface area contributed by atoms with E-state index in [-0.39, 0.29) is 0 Å². The number of hydrogen-bond donors (Lipinski definition) is 1. The summed E-state index contributed by atoms with van der Waals surface area (Å²) in [6.07, 6.45) is 3.39. The lowest BCUT2D eigenvalue weighted by atomic mass is 10.3. The van der Waals surface area contributed by atoms with Crippen LogP contribution in [0.25, 0.3) is 11.7 Å². The highest BCUT2D eigenvalue weighted by Gasteiger charge is 2.13. The predicted molar refractivity (Wildman–Crippen MR) is 68.2 cm³/mol. The van der Waals surface area contributed by atoms with Gasteiger partial charge in [0.1, 0.15) is 0 Å². The molecule has 2 rings (SSSR count). The van der Waals surface area contributed by atoms with E-state index < -0.39 is 0 Å². The summed E-state index contributed by atoms with van der Waals surface area (Å²) in [5.74, 6) is 1.78. The summed E-state index contributed by atoms with van der Waals surface area (Å²) in [6, 6.07) is 2.39. The number of aromatic nitrogens is 2. The minimum Gasteiger partial charge on any atom is -0.459 e. The molecule has 0 aliphatic carbocycles. The lowest BCUT2D eigenvalue weighted by Crippen LogP contribution is -2.23. The number of hydrogen-bond acceptors (Lipinski definition) is 5. The maximum absolute atomic E-state index is 5.57. The van der Waals surface area contributed by atoms with Crippen molar-refractivity contribution < 1.29 is 8.83 Å². The number of furan rings is 1. The number of nitrogens with one attached hydrogen (secondary N) is 1. The highest BCUT2D eigenvalue weighted by Crippen LogP contribution is 2.22. The largest absolute Gasteiger partial charge is 0.459 e. The fourth-order valence-electron chi connectivity index (χ4n) is 1.67. The van der Waals surface area contributed by atoms with E-state index in [4.69, 9.17) is 8.83 Å². The highest BCUT2D eigenvalue weighted by molar-refractivity contribution is 5.49. The van der Waals surface area contributed by atoms with Gasteiger partial charge in [-0.05, 0) is 26.0 Å². The molecule has 0 fully saturated rings.